The SMILES string of the molecule is NC(C(=O)Nc1ccc2c(c1)CC(=O)N2)c1ccccc1. The van der Waals surface area contributed by atoms with Crippen molar-refractivity contribution in [3.05, 3.63) is 59.7 Å². The molecule has 0 radical (unpaired) electrons. The van der Waals surface area contributed by atoms with Crippen LogP contribution in [0.15, 0.2) is 48.5 Å². The molecule has 1 unspecified atom stereocenters. The zero-order valence-electron chi connectivity index (χ0n) is 11.3. The van der Waals surface area contributed by atoms with Crippen LogP contribution in [0.2, 0.25) is 0 Å². The molecule has 106 valence electrons. The molecule has 0 saturated carbocycles. The van der Waals surface area contributed by atoms with Crippen molar-refractivity contribution in [2.45, 2.75) is 12.5 Å². The molecule has 5 nitrogen and oxygen atoms in total. The fraction of sp³-hybridized carbons (Fsp3) is 0.125. The van der Waals surface area contributed by atoms with Crippen LogP contribution in [-0.4, -0.2) is 11.8 Å². The fourth-order valence-electron chi connectivity index (χ4n) is 2.34. The summed E-state index contributed by atoms with van der Waals surface area (Å²) in [6.45, 7) is 0. The molecule has 0 aromatic heterocycles. The number of nitrogens with one attached hydrogen (secondary N) is 2. The molecular formula is C16H15N3O2. The lowest BCUT2D eigenvalue weighted by Crippen LogP contribution is -2.27. The van der Waals surface area contributed by atoms with Gasteiger partial charge in [-0.3, -0.25) is 9.59 Å². The van der Waals surface area contributed by atoms with Gasteiger partial charge in [-0.05, 0) is 29.3 Å². The van der Waals surface area contributed by atoms with Gasteiger partial charge in [0.05, 0.1) is 6.42 Å². The summed E-state index contributed by atoms with van der Waals surface area (Å²) in [5, 5.41) is 5.53. The summed E-state index contributed by atoms with van der Waals surface area (Å²) in [5.41, 5.74) is 9.02. The second-order valence-corrected chi connectivity index (χ2v) is 4.97. The van der Waals surface area contributed by atoms with Crippen molar-refractivity contribution in [2.24, 2.45) is 5.73 Å². The number of hydrogen-bond donors (Lipinski definition) is 3. The zero-order chi connectivity index (χ0) is 14.8. The molecule has 0 aliphatic carbocycles. The Hall–Kier alpha value is -2.66. The minimum absolute atomic E-state index is 0.0329. The lowest BCUT2D eigenvalue weighted by molar-refractivity contribution is -0.117. The van der Waals surface area contributed by atoms with E-state index in [9.17, 15) is 9.59 Å². The van der Waals surface area contributed by atoms with Crippen LogP contribution in [0.25, 0.3) is 0 Å². The lowest BCUT2D eigenvalue weighted by atomic mass is 10.1. The largest absolute Gasteiger partial charge is 0.326 e. The summed E-state index contributed by atoms with van der Waals surface area (Å²) >= 11 is 0. The van der Waals surface area contributed by atoms with Gasteiger partial charge in [-0.1, -0.05) is 30.3 Å². The molecule has 2 aromatic carbocycles. The van der Waals surface area contributed by atoms with E-state index in [1.807, 2.05) is 30.3 Å². The quantitative estimate of drug-likeness (QED) is 0.802. The maximum Gasteiger partial charge on any atom is 0.245 e. The highest BCUT2D eigenvalue weighted by molar-refractivity contribution is 6.01. The minimum Gasteiger partial charge on any atom is -0.326 e. The Kier molecular flexibility index (Phi) is 3.41. The number of fused-ring (bicyclic) bond motifs is 1. The molecule has 5 heteroatoms. The Morgan fingerprint density at radius 3 is 2.71 bits per heavy atom. The number of rotatable bonds is 3. The van der Waals surface area contributed by atoms with Gasteiger partial charge in [-0.2, -0.15) is 0 Å². The lowest BCUT2D eigenvalue weighted by Gasteiger charge is -2.13. The van der Waals surface area contributed by atoms with Gasteiger partial charge in [0.15, 0.2) is 0 Å². The van der Waals surface area contributed by atoms with Gasteiger partial charge in [0.1, 0.15) is 6.04 Å². The Labute approximate surface area is 122 Å². The van der Waals surface area contributed by atoms with E-state index in [0.29, 0.717) is 12.1 Å². The normalized spacial score (nSPS) is 14.2. The second-order valence-electron chi connectivity index (χ2n) is 4.97. The number of anilines is 2. The Balaban J connectivity index is 1.74. The first-order chi connectivity index (χ1) is 10.1. The van der Waals surface area contributed by atoms with Crippen molar-refractivity contribution in [1.82, 2.24) is 0 Å². The number of carbonyl (C=O) groups is 2. The summed E-state index contributed by atoms with van der Waals surface area (Å²) in [6, 6.07) is 13.8. The van der Waals surface area contributed by atoms with Crippen LogP contribution in [0.4, 0.5) is 11.4 Å². The van der Waals surface area contributed by atoms with Crippen molar-refractivity contribution in [1.29, 1.82) is 0 Å². The molecule has 2 amide bonds. The standard InChI is InChI=1S/C16H15N3O2/c17-15(10-4-2-1-3-5-10)16(21)18-12-6-7-13-11(8-12)9-14(20)19-13/h1-8,15H,9,17H2,(H,18,21)(H,19,20). The molecule has 3 rings (SSSR count). The topological polar surface area (TPSA) is 84.2 Å². The number of hydrogen-bond acceptors (Lipinski definition) is 3. The van der Waals surface area contributed by atoms with E-state index in [4.69, 9.17) is 5.73 Å². The predicted molar refractivity (Wildman–Crippen MR) is 80.8 cm³/mol. The van der Waals surface area contributed by atoms with Crippen molar-refractivity contribution < 1.29 is 9.59 Å². The first kappa shape index (κ1) is 13.3. The van der Waals surface area contributed by atoms with Crippen LogP contribution in [0.3, 0.4) is 0 Å². The van der Waals surface area contributed by atoms with E-state index in [1.165, 1.54) is 0 Å². The van der Waals surface area contributed by atoms with Gasteiger partial charge in [0.2, 0.25) is 11.8 Å². The van der Waals surface area contributed by atoms with Crippen LogP contribution >= 0.6 is 0 Å². The van der Waals surface area contributed by atoms with E-state index in [0.717, 1.165) is 16.8 Å². The van der Waals surface area contributed by atoms with Crippen LogP contribution in [0.5, 0.6) is 0 Å². The van der Waals surface area contributed by atoms with Gasteiger partial charge in [0.25, 0.3) is 0 Å². The minimum atomic E-state index is -0.723. The van der Waals surface area contributed by atoms with Gasteiger partial charge >= 0.3 is 0 Å². The average Bonchev–Trinajstić information content (AvgIpc) is 2.86. The van der Waals surface area contributed by atoms with Crippen molar-refractivity contribution >= 4 is 23.2 Å². The van der Waals surface area contributed by atoms with E-state index >= 15 is 0 Å². The molecule has 1 heterocycles. The predicted octanol–water partition coefficient (Wildman–Crippen LogP) is 1.82. The molecule has 2 aromatic rings. The Bertz CT molecular complexity index is 698. The van der Waals surface area contributed by atoms with Gasteiger partial charge in [-0.15, -0.1) is 0 Å². The van der Waals surface area contributed by atoms with Crippen LogP contribution in [0.1, 0.15) is 17.2 Å². The number of nitrogens with two attached hydrogens (primary N) is 1. The molecule has 0 bridgehead atoms. The summed E-state index contributed by atoms with van der Waals surface area (Å²) in [4.78, 5) is 23.5. The molecule has 21 heavy (non-hydrogen) atoms. The highest BCUT2D eigenvalue weighted by Gasteiger charge is 2.19. The Morgan fingerprint density at radius 2 is 1.95 bits per heavy atom. The summed E-state index contributed by atoms with van der Waals surface area (Å²) < 4.78 is 0. The maximum absolute atomic E-state index is 12.2. The Morgan fingerprint density at radius 1 is 1.19 bits per heavy atom. The van der Waals surface area contributed by atoms with Crippen LogP contribution in [-0.2, 0) is 16.0 Å². The highest BCUT2D eigenvalue weighted by atomic mass is 16.2. The molecule has 1 aliphatic rings. The van der Waals surface area contributed by atoms with E-state index in [2.05, 4.69) is 10.6 Å². The third kappa shape index (κ3) is 2.78. The molecule has 0 spiro atoms. The monoisotopic (exact) mass is 281 g/mol. The van der Waals surface area contributed by atoms with Gasteiger partial charge in [-0.25, -0.2) is 0 Å². The van der Waals surface area contributed by atoms with E-state index in [-0.39, 0.29) is 11.8 Å². The first-order valence-electron chi connectivity index (χ1n) is 6.67. The van der Waals surface area contributed by atoms with Crippen molar-refractivity contribution in [3.63, 3.8) is 0 Å². The summed E-state index contributed by atoms with van der Waals surface area (Å²) in [7, 11) is 0. The fourth-order valence-corrected chi connectivity index (χ4v) is 2.34. The molecule has 1 atom stereocenters. The number of amides is 2. The molecule has 0 saturated heterocycles. The number of carbonyl (C=O) groups excluding carboxylic acids is 2. The second kappa shape index (κ2) is 5.38. The molecule has 0 fully saturated rings. The van der Waals surface area contributed by atoms with E-state index < -0.39 is 6.04 Å². The van der Waals surface area contributed by atoms with Crippen LogP contribution < -0.4 is 16.4 Å². The molecule has 4 N–H and O–H groups in total. The van der Waals surface area contributed by atoms with Gasteiger partial charge < -0.3 is 16.4 Å². The third-order valence-electron chi connectivity index (χ3n) is 3.44. The van der Waals surface area contributed by atoms with Gasteiger partial charge in [0, 0.05) is 11.4 Å². The van der Waals surface area contributed by atoms with E-state index in [1.54, 1.807) is 18.2 Å². The van der Waals surface area contributed by atoms with Crippen LogP contribution in [0, 0.1) is 0 Å². The average molecular weight is 281 g/mol. The summed E-state index contributed by atoms with van der Waals surface area (Å²) in [6.07, 6.45) is 0.337. The summed E-state index contributed by atoms with van der Waals surface area (Å²) in [5.74, 6) is -0.312. The van der Waals surface area contributed by atoms with Crippen molar-refractivity contribution in [3.8, 4) is 0 Å². The smallest absolute Gasteiger partial charge is 0.245 e. The van der Waals surface area contributed by atoms with Crippen molar-refractivity contribution in [2.75, 3.05) is 10.6 Å². The molecule has 1 aliphatic heterocycles. The molecular weight excluding hydrogens is 266 g/mol. The maximum atomic E-state index is 12.2. The zero-order valence-corrected chi connectivity index (χ0v) is 11.3. The highest BCUT2D eigenvalue weighted by Crippen LogP contribution is 2.26. The third-order valence-corrected chi connectivity index (χ3v) is 3.44. The number of benzene rings is 2. The first-order valence-corrected chi connectivity index (χ1v) is 6.67.